The molecule has 0 aliphatic carbocycles. The number of benzene rings is 1. The number of hydrogen-bond donors (Lipinski definition) is 1. The molecule has 1 N–H and O–H groups in total. The second-order valence-electron chi connectivity index (χ2n) is 5.50. The normalized spacial score (nSPS) is 12.0. The summed E-state index contributed by atoms with van der Waals surface area (Å²) in [5.74, 6) is 0. The van der Waals surface area contributed by atoms with E-state index in [1.165, 1.54) is 24.4 Å². The van der Waals surface area contributed by atoms with Gasteiger partial charge >= 0.3 is 0 Å². The lowest BCUT2D eigenvalue weighted by atomic mass is 10.3. The van der Waals surface area contributed by atoms with E-state index in [-0.39, 0.29) is 16.0 Å². The van der Waals surface area contributed by atoms with Crippen molar-refractivity contribution in [3.63, 3.8) is 0 Å². The molecule has 0 saturated carbocycles. The smallest absolute Gasteiger partial charge is 0.261 e. The van der Waals surface area contributed by atoms with Crippen molar-refractivity contribution < 1.29 is 8.42 Å². The Morgan fingerprint density at radius 1 is 1.12 bits per heavy atom. The van der Waals surface area contributed by atoms with Crippen LogP contribution in [-0.2, 0) is 10.0 Å². The molecular formula is C15H14Cl2N4O2S. The summed E-state index contributed by atoms with van der Waals surface area (Å²) in [6.45, 7) is 3.99. The lowest BCUT2D eigenvalue weighted by Crippen LogP contribution is -2.13. The molecule has 0 amide bonds. The number of hydrogen-bond acceptors (Lipinski definition) is 4. The number of fused-ring (bicyclic) bond motifs is 1. The van der Waals surface area contributed by atoms with Gasteiger partial charge in [0.05, 0.1) is 33.0 Å². The van der Waals surface area contributed by atoms with Crippen LogP contribution in [0.3, 0.4) is 0 Å². The van der Waals surface area contributed by atoms with Crippen molar-refractivity contribution in [3.8, 4) is 0 Å². The highest BCUT2D eigenvalue weighted by atomic mass is 35.5. The van der Waals surface area contributed by atoms with Gasteiger partial charge in [0.15, 0.2) is 5.65 Å². The SMILES string of the molecule is CC(C)n1ncc2cc(NS(=O)(=O)c3ccc(Cl)c(Cl)c3)cnc21. The summed E-state index contributed by atoms with van der Waals surface area (Å²) < 4.78 is 29.2. The van der Waals surface area contributed by atoms with Crippen molar-refractivity contribution in [3.05, 3.63) is 46.7 Å². The van der Waals surface area contributed by atoms with Gasteiger partial charge in [-0.25, -0.2) is 18.1 Å². The minimum absolute atomic E-state index is 0.0230. The summed E-state index contributed by atoms with van der Waals surface area (Å²) in [6, 6.07) is 5.97. The predicted octanol–water partition coefficient (Wildman–Crippen LogP) is 4.12. The van der Waals surface area contributed by atoms with Gasteiger partial charge in [-0.15, -0.1) is 0 Å². The molecule has 0 bridgehead atoms. The summed E-state index contributed by atoms with van der Waals surface area (Å²) >= 11 is 11.7. The van der Waals surface area contributed by atoms with Crippen LogP contribution >= 0.6 is 23.2 Å². The summed E-state index contributed by atoms with van der Waals surface area (Å²) in [5, 5.41) is 5.47. The van der Waals surface area contributed by atoms with Crippen LogP contribution in [0.5, 0.6) is 0 Å². The van der Waals surface area contributed by atoms with Crippen molar-refractivity contribution in [1.29, 1.82) is 0 Å². The molecule has 0 fully saturated rings. The summed E-state index contributed by atoms with van der Waals surface area (Å²) in [5.41, 5.74) is 1.04. The number of aromatic nitrogens is 3. The van der Waals surface area contributed by atoms with E-state index in [4.69, 9.17) is 23.2 Å². The molecule has 6 nitrogen and oxygen atoms in total. The monoisotopic (exact) mass is 384 g/mol. The van der Waals surface area contributed by atoms with E-state index < -0.39 is 10.0 Å². The van der Waals surface area contributed by atoms with Crippen LogP contribution in [0.25, 0.3) is 11.0 Å². The second-order valence-corrected chi connectivity index (χ2v) is 8.00. The van der Waals surface area contributed by atoms with Crippen LogP contribution in [0.4, 0.5) is 5.69 Å². The van der Waals surface area contributed by atoms with E-state index in [1.54, 1.807) is 16.9 Å². The zero-order valence-corrected chi connectivity index (χ0v) is 15.2. The highest BCUT2D eigenvalue weighted by Crippen LogP contribution is 2.26. The molecular weight excluding hydrogens is 371 g/mol. The number of rotatable bonds is 4. The van der Waals surface area contributed by atoms with Crippen LogP contribution in [-0.4, -0.2) is 23.2 Å². The number of nitrogens with zero attached hydrogens (tertiary/aromatic N) is 3. The third-order valence-corrected chi connectivity index (χ3v) is 5.49. The Bertz CT molecular complexity index is 1020. The molecule has 0 saturated heterocycles. The molecule has 0 radical (unpaired) electrons. The molecule has 24 heavy (non-hydrogen) atoms. The summed E-state index contributed by atoms with van der Waals surface area (Å²) in [6.07, 6.45) is 3.11. The Morgan fingerprint density at radius 3 is 2.54 bits per heavy atom. The average molecular weight is 385 g/mol. The van der Waals surface area contributed by atoms with E-state index in [2.05, 4.69) is 14.8 Å². The van der Waals surface area contributed by atoms with E-state index in [0.717, 1.165) is 5.39 Å². The quantitative estimate of drug-likeness (QED) is 0.733. The Labute approximate surface area is 149 Å². The largest absolute Gasteiger partial charge is 0.278 e. The molecule has 0 unspecified atom stereocenters. The van der Waals surface area contributed by atoms with Crippen molar-refractivity contribution in [1.82, 2.24) is 14.8 Å². The molecule has 0 aliphatic rings. The maximum atomic E-state index is 12.5. The number of sulfonamides is 1. The molecule has 0 aliphatic heterocycles. The Hall–Kier alpha value is -1.83. The Morgan fingerprint density at radius 2 is 1.88 bits per heavy atom. The van der Waals surface area contributed by atoms with Gasteiger partial charge in [0.2, 0.25) is 0 Å². The lowest BCUT2D eigenvalue weighted by Gasteiger charge is -2.09. The van der Waals surface area contributed by atoms with Gasteiger partial charge in [-0.3, -0.25) is 4.72 Å². The fraction of sp³-hybridized carbons (Fsp3) is 0.200. The second kappa shape index (κ2) is 6.23. The molecule has 2 heterocycles. The van der Waals surface area contributed by atoms with Crippen molar-refractivity contribution in [2.45, 2.75) is 24.8 Å². The maximum Gasteiger partial charge on any atom is 0.261 e. The molecule has 126 valence electrons. The molecule has 3 rings (SSSR count). The zero-order valence-electron chi connectivity index (χ0n) is 12.9. The van der Waals surface area contributed by atoms with E-state index in [1.807, 2.05) is 13.8 Å². The number of halogens is 2. The Kier molecular flexibility index (Phi) is 4.42. The third-order valence-electron chi connectivity index (χ3n) is 3.38. The van der Waals surface area contributed by atoms with Gasteiger partial charge in [0.1, 0.15) is 0 Å². The van der Waals surface area contributed by atoms with Gasteiger partial charge in [0.25, 0.3) is 10.0 Å². The standard InChI is InChI=1S/C15H14Cl2N4O2S/c1-9(2)21-15-10(7-19-21)5-11(8-18-15)20-24(22,23)12-3-4-13(16)14(17)6-12/h3-9,20H,1-2H3. The lowest BCUT2D eigenvalue weighted by molar-refractivity contribution is 0.546. The van der Waals surface area contributed by atoms with Crippen LogP contribution < -0.4 is 4.72 Å². The maximum absolute atomic E-state index is 12.5. The zero-order chi connectivity index (χ0) is 17.5. The van der Waals surface area contributed by atoms with Gasteiger partial charge in [-0.05, 0) is 38.1 Å². The first-order chi connectivity index (χ1) is 11.3. The van der Waals surface area contributed by atoms with Crippen molar-refractivity contribution in [2.24, 2.45) is 0 Å². The van der Waals surface area contributed by atoms with Gasteiger partial charge in [-0.2, -0.15) is 5.10 Å². The minimum atomic E-state index is -3.79. The van der Waals surface area contributed by atoms with E-state index >= 15 is 0 Å². The average Bonchev–Trinajstić information content (AvgIpc) is 2.92. The molecule has 1 aromatic carbocycles. The Balaban J connectivity index is 1.95. The van der Waals surface area contributed by atoms with Crippen LogP contribution in [0.1, 0.15) is 19.9 Å². The van der Waals surface area contributed by atoms with Crippen LogP contribution in [0, 0.1) is 0 Å². The van der Waals surface area contributed by atoms with Gasteiger partial charge < -0.3 is 0 Å². The van der Waals surface area contributed by atoms with Gasteiger partial charge in [0, 0.05) is 11.4 Å². The fourth-order valence-electron chi connectivity index (χ4n) is 2.23. The summed E-state index contributed by atoms with van der Waals surface area (Å²) in [7, 11) is -3.79. The highest BCUT2D eigenvalue weighted by Gasteiger charge is 2.17. The van der Waals surface area contributed by atoms with Crippen molar-refractivity contribution >= 4 is 49.9 Å². The molecule has 0 atom stereocenters. The third kappa shape index (κ3) is 3.19. The van der Waals surface area contributed by atoms with Gasteiger partial charge in [-0.1, -0.05) is 23.2 Å². The minimum Gasteiger partial charge on any atom is -0.278 e. The predicted molar refractivity (Wildman–Crippen MR) is 95.2 cm³/mol. The molecule has 9 heteroatoms. The first-order valence-corrected chi connectivity index (χ1v) is 9.33. The van der Waals surface area contributed by atoms with Crippen molar-refractivity contribution in [2.75, 3.05) is 4.72 Å². The first-order valence-electron chi connectivity index (χ1n) is 7.09. The topological polar surface area (TPSA) is 76.9 Å². The fourth-order valence-corrected chi connectivity index (χ4v) is 3.65. The van der Waals surface area contributed by atoms with E-state index in [0.29, 0.717) is 16.4 Å². The highest BCUT2D eigenvalue weighted by molar-refractivity contribution is 7.92. The molecule has 2 aromatic heterocycles. The number of anilines is 1. The van der Waals surface area contributed by atoms with E-state index in [9.17, 15) is 8.42 Å². The number of nitrogens with one attached hydrogen (secondary N) is 1. The first kappa shape index (κ1) is 17.0. The number of pyridine rings is 1. The molecule has 0 spiro atoms. The summed E-state index contributed by atoms with van der Waals surface area (Å²) in [4.78, 5) is 4.32. The van der Waals surface area contributed by atoms with Crippen LogP contribution in [0.15, 0.2) is 41.6 Å². The van der Waals surface area contributed by atoms with Crippen LogP contribution in [0.2, 0.25) is 10.0 Å². The molecule has 3 aromatic rings.